The Kier molecular flexibility index (Phi) is 5.18. The number of piperazine rings is 1. The zero-order chi connectivity index (χ0) is 19.9. The molecule has 0 radical (unpaired) electrons. The molecule has 1 saturated heterocycles. The number of halogens is 1. The van der Waals surface area contributed by atoms with Gasteiger partial charge in [0.05, 0.1) is 11.4 Å². The van der Waals surface area contributed by atoms with Crippen LogP contribution in [0, 0.1) is 13.8 Å². The highest BCUT2D eigenvalue weighted by molar-refractivity contribution is 7.89. The molecular weight excluding hydrogens is 398 g/mol. The third-order valence-electron chi connectivity index (χ3n) is 5.03. The van der Waals surface area contributed by atoms with E-state index in [1.807, 2.05) is 32.0 Å². The molecule has 1 fully saturated rings. The number of hydrogen-bond acceptors (Lipinski definition) is 5. The average Bonchev–Trinajstić information content (AvgIpc) is 3.03. The van der Waals surface area contributed by atoms with E-state index in [1.54, 1.807) is 22.5 Å². The molecule has 0 spiro atoms. The van der Waals surface area contributed by atoms with E-state index in [4.69, 9.17) is 16.0 Å². The van der Waals surface area contributed by atoms with E-state index in [0.717, 1.165) is 16.6 Å². The van der Waals surface area contributed by atoms with E-state index in [0.29, 0.717) is 54.1 Å². The summed E-state index contributed by atoms with van der Waals surface area (Å²) < 4.78 is 33.3. The van der Waals surface area contributed by atoms with E-state index in [9.17, 15) is 8.42 Å². The van der Waals surface area contributed by atoms with E-state index in [2.05, 4.69) is 9.88 Å². The van der Waals surface area contributed by atoms with Crippen molar-refractivity contribution in [3.05, 3.63) is 58.4 Å². The lowest BCUT2D eigenvalue weighted by molar-refractivity contribution is 0.169. The lowest BCUT2D eigenvalue weighted by atomic mass is 10.2. The Labute approximate surface area is 169 Å². The maximum Gasteiger partial charge on any atom is 0.243 e. The number of aromatic nitrogens is 1. The summed E-state index contributed by atoms with van der Waals surface area (Å²) in [6, 6.07) is 10.8. The third kappa shape index (κ3) is 3.80. The lowest BCUT2D eigenvalue weighted by Crippen LogP contribution is -2.48. The summed E-state index contributed by atoms with van der Waals surface area (Å²) in [6.45, 7) is 6.50. The molecule has 1 aromatic heterocycles. The molecule has 0 N–H and O–H groups in total. The van der Waals surface area contributed by atoms with Gasteiger partial charge in [-0.25, -0.2) is 13.4 Å². The molecule has 3 aromatic rings. The molecule has 0 aliphatic carbocycles. The number of fused-ring (bicyclic) bond motifs is 1. The summed E-state index contributed by atoms with van der Waals surface area (Å²) in [5.41, 5.74) is 3.28. The first-order valence-corrected chi connectivity index (χ1v) is 11.0. The van der Waals surface area contributed by atoms with Crippen LogP contribution in [0.15, 0.2) is 45.7 Å². The molecule has 28 heavy (non-hydrogen) atoms. The fourth-order valence-corrected chi connectivity index (χ4v) is 5.36. The third-order valence-corrected chi connectivity index (χ3v) is 7.33. The molecule has 0 saturated carbocycles. The summed E-state index contributed by atoms with van der Waals surface area (Å²) in [7, 11) is -3.48. The van der Waals surface area contributed by atoms with Crippen LogP contribution < -0.4 is 0 Å². The van der Waals surface area contributed by atoms with Crippen molar-refractivity contribution in [2.24, 2.45) is 0 Å². The number of nitrogens with zero attached hydrogens (tertiary/aromatic N) is 3. The number of sulfonamides is 1. The molecule has 6 nitrogen and oxygen atoms in total. The van der Waals surface area contributed by atoms with Gasteiger partial charge in [0.2, 0.25) is 15.9 Å². The van der Waals surface area contributed by atoms with Crippen LogP contribution in [0.1, 0.15) is 17.0 Å². The highest BCUT2D eigenvalue weighted by Crippen LogP contribution is 2.24. The van der Waals surface area contributed by atoms with Gasteiger partial charge in [0, 0.05) is 31.2 Å². The summed E-state index contributed by atoms with van der Waals surface area (Å²) in [4.78, 5) is 7.02. The number of hydrogen-bond donors (Lipinski definition) is 0. The van der Waals surface area contributed by atoms with Crippen molar-refractivity contribution >= 4 is 32.7 Å². The van der Waals surface area contributed by atoms with Crippen LogP contribution >= 0.6 is 11.6 Å². The van der Waals surface area contributed by atoms with E-state index in [-0.39, 0.29) is 0 Å². The summed E-state index contributed by atoms with van der Waals surface area (Å²) in [5.74, 6) is 0.614. The standard InChI is InChI=1S/C20H22ClN3O3S/c1-14-3-6-19(15(2)11-14)28(25,26)24-9-7-23(8-10-24)13-20-22-17-12-16(21)4-5-18(17)27-20/h3-6,11-12H,7-10,13H2,1-2H3. The molecule has 1 aliphatic rings. The molecule has 1 aliphatic heterocycles. The first-order valence-electron chi connectivity index (χ1n) is 9.18. The molecule has 2 heterocycles. The van der Waals surface area contributed by atoms with E-state index >= 15 is 0 Å². The lowest BCUT2D eigenvalue weighted by Gasteiger charge is -2.33. The average molecular weight is 420 g/mol. The first-order chi connectivity index (χ1) is 13.3. The van der Waals surface area contributed by atoms with Gasteiger partial charge in [-0.05, 0) is 43.7 Å². The zero-order valence-electron chi connectivity index (χ0n) is 15.9. The van der Waals surface area contributed by atoms with Crippen molar-refractivity contribution < 1.29 is 12.8 Å². The van der Waals surface area contributed by atoms with Crippen LogP contribution in [0.25, 0.3) is 11.1 Å². The molecule has 148 valence electrons. The van der Waals surface area contributed by atoms with Gasteiger partial charge in [-0.2, -0.15) is 4.31 Å². The minimum absolute atomic E-state index is 0.391. The second-order valence-corrected chi connectivity index (χ2v) is 9.51. The number of aryl methyl sites for hydroxylation is 2. The topological polar surface area (TPSA) is 66.7 Å². The van der Waals surface area contributed by atoms with Crippen molar-refractivity contribution in [1.82, 2.24) is 14.2 Å². The maximum atomic E-state index is 13.0. The van der Waals surface area contributed by atoms with Gasteiger partial charge < -0.3 is 4.42 Å². The highest BCUT2D eigenvalue weighted by Gasteiger charge is 2.30. The Morgan fingerprint density at radius 1 is 1.07 bits per heavy atom. The van der Waals surface area contributed by atoms with Crippen LogP contribution in [0.3, 0.4) is 0 Å². The van der Waals surface area contributed by atoms with Gasteiger partial charge in [-0.15, -0.1) is 0 Å². The molecule has 8 heteroatoms. The van der Waals surface area contributed by atoms with Gasteiger partial charge in [-0.3, -0.25) is 4.90 Å². The molecule has 0 bridgehead atoms. The second kappa shape index (κ2) is 7.48. The minimum atomic E-state index is -3.48. The largest absolute Gasteiger partial charge is 0.439 e. The van der Waals surface area contributed by atoms with Crippen molar-refractivity contribution in [1.29, 1.82) is 0 Å². The van der Waals surface area contributed by atoms with Gasteiger partial charge in [0.25, 0.3) is 0 Å². The number of benzene rings is 2. The van der Waals surface area contributed by atoms with Crippen LogP contribution in [-0.4, -0.2) is 48.8 Å². The molecule has 4 rings (SSSR count). The zero-order valence-corrected chi connectivity index (χ0v) is 17.4. The predicted molar refractivity (Wildman–Crippen MR) is 109 cm³/mol. The smallest absolute Gasteiger partial charge is 0.243 e. The van der Waals surface area contributed by atoms with Crippen LogP contribution in [0.4, 0.5) is 0 Å². The van der Waals surface area contributed by atoms with Gasteiger partial charge in [-0.1, -0.05) is 29.3 Å². The second-order valence-electron chi connectivity index (χ2n) is 7.17. The summed E-state index contributed by atoms with van der Waals surface area (Å²) >= 11 is 5.99. The van der Waals surface area contributed by atoms with Crippen LogP contribution in [0.5, 0.6) is 0 Å². The normalized spacial score (nSPS) is 16.7. The molecular formula is C20H22ClN3O3S. The quantitative estimate of drug-likeness (QED) is 0.646. The SMILES string of the molecule is Cc1ccc(S(=O)(=O)N2CCN(Cc3nc4cc(Cl)ccc4o3)CC2)c(C)c1. The van der Waals surface area contributed by atoms with Crippen molar-refractivity contribution in [3.8, 4) is 0 Å². The molecule has 0 atom stereocenters. The molecule has 0 unspecified atom stereocenters. The predicted octanol–water partition coefficient (Wildman–Crippen LogP) is 3.60. The summed E-state index contributed by atoms with van der Waals surface area (Å²) in [6.07, 6.45) is 0. The van der Waals surface area contributed by atoms with Crippen LogP contribution in [0.2, 0.25) is 5.02 Å². The van der Waals surface area contributed by atoms with Gasteiger partial charge in [0.1, 0.15) is 5.52 Å². The molecule has 2 aromatic carbocycles. The Balaban J connectivity index is 1.43. The van der Waals surface area contributed by atoms with E-state index in [1.165, 1.54) is 0 Å². The summed E-state index contributed by atoms with van der Waals surface area (Å²) in [5, 5.41) is 0.623. The van der Waals surface area contributed by atoms with Crippen LogP contribution in [-0.2, 0) is 16.6 Å². The fourth-order valence-electron chi connectivity index (χ4n) is 3.56. The fraction of sp³-hybridized carbons (Fsp3) is 0.350. The maximum absolute atomic E-state index is 13.0. The monoisotopic (exact) mass is 419 g/mol. The van der Waals surface area contributed by atoms with Crippen molar-refractivity contribution in [2.75, 3.05) is 26.2 Å². The Morgan fingerprint density at radius 2 is 1.82 bits per heavy atom. The van der Waals surface area contributed by atoms with Gasteiger partial charge in [0.15, 0.2) is 5.58 Å². The first kappa shape index (κ1) is 19.4. The van der Waals surface area contributed by atoms with Crippen molar-refractivity contribution in [2.45, 2.75) is 25.3 Å². The Bertz CT molecular complexity index is 1120. The Hall–Kier alpha value is -1.93. The minimum Gasteiger partial charge on any atom is -0.439 e. The van der Waals surface area contributed by atoms with Gasteiger partial charge >= 0.3 is 0 Å². The highest BCUT2D eigenvalue weighted by atomic mass is 35.5. The molecule has 0 amide bonds. The van der Waals surface area contributed by atoms with Crippen molar-refractivity contribution in [3.63, 3.8) is 0 Å². The van der Waals surface area contributed by atoms with E-state index < -0.39 is 10.0 Å². The number of rotatable bonds is 4. The Morgan fingerprint density at radius 3 is 2.54 bits per heavy atom. The number of oxazole rings is 1.